The van der Waals surface area contributed by atoms with Crippen molar-refractivity contribution in [2.24, 2.45) is 0 Å². The zero-order chi connectivity index (χ0) is 14.4. The molecule has 106 valence electrons. The molecular formula is C17H23N3. The summed E-state index contributed by atoms with van der Waals surface area (Å²) in [5.74, 6) is 3.81. The first-order valence-corrected chi connectivity index (χ1v) is 7.42. The Bertz CT molecular complexity index is 604. The van der Waals surface area contributed by atoms with Gasteiger partial charge in [-0.25, -0.2) is 4.98 Å². The Hall–Kier alpha value is -1.79. The van der Waals surface area contributed by atoms with Crippen LogP contribution in [0.4, 0.5) is 0 Å². The molecule has 1 aromatic heterocycles. The summed E-state index contributed by atoms with van der Waals surface area (Å²) in [4.78, 5) is 4.76. The van der Waals surface area contributed by atoms with Crippen LogP contribution in [0.25, 0.3) is 11.0 Å². The highest BCUT2D eigenvalue weighted by atomic mass is 15.1. The summed E-state index contributed by atoms with van der Waals surface area (Å²) >= 11 is 0. The Morgan fingerprint density at radius 1 is 1.30 bits per heavy atom. The van der Waals surface area contributed by atoms with Crippen molar-refractivity contribution >= 4 is 11.0 Å². The van der Waals surface area contributed by atoms with Crippen LogP contribution in [0.15, 0.2) is 18.2 Å². The maximum absolute atomic E-state index is 5.50. The molecule has 0 amide bonds. The minimum Gasteiger partial charge on any atom is -0.316 e. The van der Waals surface area contributed by atoms with E-state index in [2.05, 4.69) is 47.9 Å². The molecule has 0 aliphatic carbocycles. The number of nitrogens with zero attached hydrogens (tertiary/aromatic N) is 2. The molecule has 3 nitrogen and oxygen atoms in total. The van der Waals surface area contributed by atoms with Crippen molar-refractivity contribution in [2.75, 3.05) is 13.1 Å². The van der Waals surface area contributed by atoms with Crippen LogP contribution in [0.5, 0.6) is 0 Å². The van der Waals surface area contributed by atoms with Gasteiger partial charge in [-0.05, 0) is 37.1 Å². The topological polar surface area (TPSA) is 29.9 Å². The third-order valence-corrected chi connectivity index (χ3v) is 3.50. The molecule has 0 aliphatic heterocycles. The van der Waals surface area contributed by atoms with Crippen LogP contribution in [0, 0.1) is 12.3 Å². The summed E-state index contributed by atoms with van der Waals surface area (Å²) in [7, 11) is 0. The van der Waals surface area contributed by atoms with Crippen LogP contribution >= 0.6 is 0 Å². The van der Waals surface area contributed by atoms with Gasteiger partial charge in [0, 0.05) is 13.0 Å². The molecule has 1 heterocycles. The quantitative estimate of drug-likeness (QED) is 0.619. The van der Waals surface area contributed by atoms with Crippen LogP contribution in [-0.2, 0) is 19.4 Å². The van der Waals surface area contributed by atoms with E-state index in [0.29, 0.717) is 6.54 Å². The van der Waals surface area contributed by atoms with E-state index in [1.165, 1.54) is 5.56 Å². The zero-order valence-electron chi connectivity index (χ0n) is 12.4. The van der Waals surface area contributed by atoms with Gasteiger partial charge in [0.05, 0.1) is 17.6 Å². The number of nitrogens with one attached hydrogen (secondary N) is 1. The maximum Gasteiger partial charge on any atom is 0.111 e. The van der Waals surface area contributed by atoms with Gasteiger partial charge >= 0.3 is 0 Å². The second kappa shape index (κ2) is 7.12. The monoisotopic (exact) mass is 269 g/mol. The van der Waals surface area contributed by atoms with Gasteiger partial charge in [0.25, 0.3) is 0 Å². The number of rotatable bonds is 7. The molecule has 0 saturated carbocycles. The number of aromatic nitrogens is 2. The first-order chi connectivity index (χ1) is 9.80. The molecule has 0 saturated heterocycles. The van der Waals surface area contributed by atoms with Gasteiger partial charge in [0.2, 0.25) is 0 Å². The molecule has 0 spiro atoms. The predicted octanol–water partition coefficient (Wildman–Crippen LogP) is 2.77. The van der Waals surface area contributed by atoms with Crippen molar-refractivity contribution in [1.29, 1.82) is 0 Å². The SMILES string of the molecule is C#CCn1c(CCNCCC)nc2cc(CC)ccc21. The molecule has 0 aliphatic rings. The van der Waals surface area contributed by atoms with Gasteiger partial charge in [-0.3, -0.25) is 0 Å². The normalized spacial score (nSPS) is 10.8. The van der Waals surface area contributed by atoms with Crippen molar-refractivity contribution < 1.29 is 0 Å². The summed E-state index contributed by atoms with van der Waals surface area (Å²) < 4.78 is 2.16. The fourth-order valence-electron chi connectivity index (χ4n) is 2.41. The van der Waals surface area contributed by atoms with Crippen molar-refractivity contribution in [3.8, 4) is 12.3 Å². The summed E-state index contributed by atoms with van der Waals surface area (Å²) in [6.45, 7) is 6.92. The molecule has 0 bridgehead atoms. The fourth-order valence-corrected chi connectivity index (χ4v) is 2.41. The van der Waals surface area contributed by atoms with Gasteiger partial charge in [-0.15, -0.1) is 6.42 Å². The van der Waals surface area contributed by atoms with Crippen LogP contribution in [-0.4, -0.2) is 22.6 Å². The van der Waals surface area contributed by atoms with E-state index in [9.17, 15) is 0 Å². The zero-order valence-corrected chi connectivity index (χ0v) is 12.4. The molecule has 0 atom stereocenters. The number of benzene rings is 1. The van der Waals surface area contributed by atoms with E-state index in [0.717, 1.165) is 49.2 Å². The lowest BCUT2D eigenvalue weighted by molar-refractivity contribution is 0.643. The van der Waals surface area contributed by atoms with Crippen molar-refractivity contribution in [1.82, 2.24) is 14.9 Å². The standard InChI is InChI=1S/C17H23N3/c1-4-10-18-11-9-17-19-15-13-14(6-3)7-8-16(15)20(17)12-5-2/h2,7-8,13,18H,4,6,9-12H2,1,3H3. The van der Waals surface area contributed by atoms with Crippen molar-refractivity contribution in [3.63, 3.8) is 0 Å². The van der Waals surface area contributed by atoms with E-state index in [-0.39, 0.29) is 0 Å². The third-order valence-electron chi connectivity index (χ3n) is 3.50. The van der Waals surface area contributed by atoms with Gasteiger partial charge < -0.3 is 9.88 Å². The van der Waals surface area contributed by atoms with Crippen LogP contribution in [0.2, 0.25) is 0 Å². The smallest absolute Gasteiger partial charge is 0.111 e. The Morgan fingerprint density at radius 2 is 2.15 bits per heavy atom. The lowest BCUT2D eigenvalue weighted by atomic mass is 10.1. The van der Waals surface area contributed by atoms with Gasteiger partial charge in [-0.1, -0.05) is 25.8 Å². The van der Waals surface area contributed by atoms with Crippen LogP contribution in [0.3, 0.4) is 0 Å². The van der Waals surface area contributed by atoms with Crippen molar-refractivity contribution in [2.45, 2.75) is 39.7 Å². The van der Waals surface area contributed by atoms with E-state index in [4.69, 9.17) is 11.4 Å². The minimum atomic E-state index is 0.588. The summed E-state index contributed by atoms with van der Waals surface area (Å²) in [5, 5.41) is 3.41. The van der Waals surface area contributed by atoms with Gasteiger partial charge in [-0.2, -0.15) is 0 Å². The lowest BCUT2D eigenvalue weighted by Gasteiger charge is -2.06. The Balaban J connectivity index is 2.27. The molecule has 2 rings (SSSR count). The molecule has 20 heavy (non-hydrogen) atoms. The number of terminal acetylenes is 1. The highest BCUT2D eigenvalue weighted by Crippen LogP contribution is 2.18. The van der Waals surface area contributed by atoms with Gasteiger partial charge in [0.1, 0.15) is 5.82 Å². The number of hydrogen-bond acceptors (Lipinski definition) is 2. The number of fused-ring (bicyclic) bond motifs is 1. The van der Waals surface area contributed by atoms with E-state index in [1.54, 1.807) is 0 Å². The van der Waals surface area contributed by atoms with Crippen LogP contribution < -0.4 is 5.32 Å². The predicted molar refractivity (Wildman–Crippen MR) is 84.8 cm³/mol. The summed E-state index contributed by atoms with van der Waals surface area (Å²) in [5.41, 5.74) is 3.52. The minimum absolute atomic E-state index is 0.588. The molecule has 3 heteroatoms. The number of aryl methyl sites for hydroxylation is 1. The summed E-state index contributed by atoms with van der Waals surface area (Å²) in [6, 6.07) is 6.48. The average molecular weight is 269 g/mol. The Kier molecular flexibility index (Phi) is 5.20. The van der Waals surface area contributed by atoms with Gasteiger partial charge in [0.15, 0.2) is 0 Å². The van der Waals surface area contributed by atoms with Crippen LogP contribution in [0.1, 0.15) is 31.7 Å². The Morgan fingerprint density at radius 3 is 2.85 bits per heavy atom. The third kappa shape index (κ3) is 3.20. The molecule has 0 fully saturated rings. The molecule has 2 aromatic rings. The second-order valence-corrected chi connectivity index (χ2v) is 4.99. The fraction of sp³-hybridized carbons (Fsp3) is 0.471. The largest absolute Gasteiger partial charge is 0.316 e. The molecule has 0 radical (unpaired) electrons. The summed E-state index contributed by atoms with van der Waals surface area (Å²) in [6.07, 6.45) is 8.60. The van der Waals surface area contributed by atoms with E-state index >= 15 is 0 Å². The molecule has 0 unspecified atom stereocenters. The highest BCUT2D eigenvalue weighted by Gasteiger charge is 2.10. The lowest BCUT2D eigenvalue weighted by Crippen LogP contribution is -2.19. The first-order valence-electron chi connectivity index (χ1n) is 7.42. The second-order valence-electron chi connectivity index (χ2n) is 4.99. The Labute approximate surface area is 121 Å². The molecule has 1 aromatic carbocycles. The van der Waals surface area contributed by atoms with Crippen molar-refractivity contribution in [3.05, 3.63) is 29.6 Å². The number of imidazole rings is 1. The maximum atomic E-state index is 5.50. The highest BCUT2D eigenvalue weighted by molar-refractivity contribution is 5.77. The van der Waals surface area contributed by atoms with E-state index < -0.39 is 0 Å². The van der Waals surface area contributed by atoms with E-state index in [1.807, 2.05) is 0 Å². The number of hydrogen-bond donors (Lipinski definition) is 1. The first kappa shape index (κ1) is 14.6. The molecule has 1 N–H and O–H groups in total. The molecular weight excluding hydrogens is 246 g/mol. The average Bonchev–Trinajstić information content (AvgIpc) is 2.81.